The molecule has 0 fully saturated rings. The van der Waals surface area contributed by atoms with Gasteiger partial charge in [0.2, 0.25) is 0 Å². The zero-order valence-electron chi connectivity index (χ0n) is 11.2. The van der Waals surface area contributed by atoms with Gasteiger partial charge in [0, 0.05) is 16.7 Å². The molecule has 0 aromatic heterocycles. The normalized spacial score (nSPS) is 16.1. The highest BCUT2D eigenvalue weighted by Gasteiger charge is 2.37. The Kier molecular flexibility index (Phi) is 3.01. The van der Waals surface area contributed by atoms with E-state index < -0.39 is 14.6 Å². The van der Waals surface area contributed by atoms with Crippen molar-refractivity contribution in [3.8, 4) is 0 Å². The minimum absolute atomic E-state index is 0.181. The van der Waals surface area contributed by atoms with Gasteiger partial charge in [0.1, 0.15) is 0 Å². The molecule has 0 N–H and O–H groups in total. The van der Waals surface area contributed by atoms with Gasteiger partial charge in [-0.1, -0.05) is 30.8 Å². The van der Waals surface area contributed by atoms with Gasteiger partial charge in [-0.15, -0.1) is 0 Å². The predicted octanol–water partition coefficient (Wildman–Crippen LogP) is 2.99. The van der Waals surface area contributed by atoms with Gasteiger partial charge < -0.3 is 0 Å². The first kappa shape index (κ1) is 13.7. The summed E-state index contributed by atoms with van der Waals surface area (Å²) in [5.74, 6) is -0.219. The smallest absolute Gasteiger partial charge is 0.193 e. The van der Waals surface area contributed by atoms with Gasteiger partial charge in [-0.25, -0.2) is 8.42 Å². The van der Waals surface area contributed by atoms with Crippen molar-refractivity contribution in [2.24, 2.45) is 0 Å². The monoisotopic (exact) mass is 276 g/mol. The lowest BCUT2D eigenvalue weighted by atomic mass is 9.93. The van der Waals surface area contributed by atoms with Crippen LogP contribution in [0, 0.1) is 0 Å². The number of carbonyl (C=O) groups excluding carboxylic acids is 1. The molecular weight excluding hydrogens is 260 g/mol. The van der Waals surface area contributed by atoms with Gasteiger partial charge in [0.15, 0.2) is 15.6 Å². The quantitative estimate of drug-likeness (QED) is 0.741. The van der Waals surface area contributed by atoms with Gasteiger partial charge in [-0.3, -0.25) is 4.79 Å². The third-order valence-electron chi connectivity index (χ3n) is 3.13. The summed E-state index contributed by atoms with van der Waals surface area (Å²) >= 11 is 0. The molecule has 0 aliphatic heterocycles. The highest BCUT2D eigenvalue weighted by atomic mass is 32.2. The third kappa shape index (κ3) is 2.06. The van der Waals surface area contributed by atoms with E-state index in [4.69, 9.17) is 0 Å². The van der Waals surface area contributed by atoms with Gasteiger partial charge >= 0.3 is 0 Å². The molecule has 1 aromatic carbocycles. The van der Waals surface area contributed by atoms with E-state index in [2.05, 4.69) is 6.58 Å². The number of fused-ring (bicyclic) bond motifs is 1. The van der Waals surface area contributed by atoms with E-state index in [9.17, 15) is 13.2 Å². The Hall–Kier alpha value is -1.68. The molecular formula is C15H16O3S. The number of ketones is 1. The van der Waals surface area contributed by atoms with Gasteiger partial charge in [-0.2, -0.15) is 0 Å². The number of Topliss-reactive ketones (excluding diaryl/α,β-unsaturated/α-hetero) is 1. The molecule has 0 saturated heterocycles. The maximum atomic E-state index is 12.6. The van der Waals surface area contributed by atoms with Crippen LogP contribution in [0.3, 0.4) is 0 Å². The molecule has 0 atom stereocenters. The fourth-order valence-electron chi connectivity index (χ4n) is 1.92. The number of sulfone groups is 1. The summed E-state index contributed by atoms with van der Waals surface area (Å²) in [5, 5.41) is 0. The molecule has 1 aliphatic rings. The molecule has 0 unspecified atom stereocenters. The molecule has 1 aromatic rings. The predicted molar refractivity (Wildman–Crippen MR) is 76.6 cm³/mol. The average molecular weight is 276 g/mol. The van der Waals surface area contributed by atoms with Crippen molar-refractivity contribution < 1.29 is 13.2 Å². The molecule has 4 heteroatoms. The van der Waals surface area contributed by atoms with E-state index in [0.717, 1.165) is 0 Å². The summed E-state index contributed by atoms with van der Waals surface area (Å²) in [6, 6.07) is 6.74. The highest BCUT2D eigenvalue weighted by Crippen LogP contribution is 2.37. The molecule has 0 spiro atoms. The molecule has 1 aliphatic carbocycles. The van der Waals surface area contributed by atoms with E-state index in [1.165, 1.54) is 6.08 Å². The van der Waals surface area contributed by atoms with Crippen LogP contribution in [-0.2, 0) is 9.84 Å². The topological polar surface area (TPSA) is 51.2 Å². The second kappa shape index (κ2) is 4.17. The van der Waals surface area contributed by atoms with Crippen molar-refractivity contribution in [3.63, 3.8) is 0 Å². The van der Waals surface area contributed by atoms with Crippen LogP contribution in [0.5, 0.6) is 0 Å². The zero-order chi connectivity index (χ0) is 14.4. The van der Waals surface area contributed by atoms with Crippen molar-refractivity contribution >= 4 is 20.5 Å². The lowest BCUT2D eigenvalue weighted by Crippen LogP contribution is -2.30. The number of hydrogen-bond acceptors (Lipinski definition) is 3. The minimum Gasteiger partial charge on any atom is -0.289 e. The van der Waals surface area contributed by atoms with Gasteiger partial charge in [0.25, 0.3) is 0 Å². The maximum absolute atomic E-state index is 12.6. The average Bonchev–Trinajstić information content (AvgIpc) is 2.32. The number of allylic oxidation sites excluding steroid dienone is 2. The zero-order valence-corrected chi connectivity index (χ0v) is 12.0. The molecule has 0 radical (unpaired) electrons. The van der Waals surface area contributed by atoms with E-state index in [0.29, 0.717) is 11.1 Å². The third-order valence-corrected chi connectivity index (χ3v) is 5.66. The largest absolute Gasteiger partial charge is 0.289 e. The molecule has 0 amide bonds. The lowest BCUT2D eigenvalue weighted by Gasteiger charge is -2.25. The van der Waals surface area contributed by atoms with Crippen molar-refractivity contribution in [2.45, 2.75) is 25.5 Å². The number of carbonyl (C=O) groups is 1. The van der Waals surface area contributed by atoms with Crippen LogP contribution >= 0.6 is 0 Å². The van der Waals surface area contributed by atoms with E-state index >= 15 is 0 Å². The number of rotatable bonds is 1. The second-order valence-electron chi connectivity index (χ2n) is 5.52. The fourth-order valence-corrected chi connectivity index (χ4v) is 3.35. The summed E-state index contributed by atoms with van der Waals surface area (Å²) in [4.78, 5) is 12.2. The van der Waals surface area contributed by atoms with Crippen LogP contribution in [0.15, 0.2) is 42.5 Å². The Balaban J connectivity index is 2.76. The molecule has 2 rings (SSSR count). The molecule has 0 bridgehead atoms. The highest BCUT2D eigenvalue weighted by molar-refractivity contribution is 8.01. The maximum Gasteiger partial charge on any atom is 0.193 e. The van der Waals surface area contributed by atoms with E-state index in [-0.39, 0.29) is 16.3 Å². The number of benzene rings is 1. The molecule has 0 saturated carbocycles. The molecule has 3 nitrogen and oxygen atoms in total. The first-order chi connectivity index (χ1) is 8.66. The summed E-state index contributed by atoms with van der Waals surface area (Å²) in [6.07, 6.45) is 1.38. The lowest BCUT2D eigenvalue weighted by molar-refractivity contribution is 0.103. The summed E-state index contributed by atoms with van der Waals surface area (Å²) < 4.78 is 24.3. The van der Waals surface area contributed by atoms with Crippen LogP contribution < -0.4 is 0 Å². The standard InChI is InChI=1S/C15H16O3S/c1-10-9-13(19(17,18)15(2,3)4)11-7-5-6-8-12(11)14(10)16/h5-9H,1H2,2-4H3. The van der Waals surface area contributed by atoms with Crippen molar-refractivity contribution in [1.82, 2.24) is 0 Å². The Morgan fingerprint density at radius 2 is 1.58 bits per heavy atom. The Morgan fingerprint density at radius 3 is 2.11 bits per heavy atom. The Labute approximate surface area is 113 Å². The van der Waals surface area contributed by atoms with Crippen LogP contribution in [0.2, 0.25) is 0 Å². The van der Waals surface area contributed by atoms with E-state index in [1.54, 1.807) is 45.0 Å². The van der Waals surface area contributed by atoms with E-state index in [1.807, 2.05) is 0 Å². The summed E-state index contributed by atoms with van der Waals surface area (Å²) in [6.45, 7) is 8.58. The van der Waals surface area contributed by atoms with Crippen molar-refractivity contribution in [3.05, 3.63) is 53.6 Å². The first-order valence-electron chi connectivity index (χ1n) is 5.95. The Morgan fingerprint density at radius 1 is 1.05 bits per heavy atom. The summed E-state index contributed by atoms with van der Waals surface area (Å²) in [7, 11) is -3.52. The second-order valence-corrected chi connectivity index (χ2v) is 8.20. The number of hydrogen-bond donors (Lipinski definition) is 0. The Bertz CT molecular complexity index is 701. The molecule has 100 valence electrons. The van der Waals surface area contributed by atoms with Crippen molar-refractivity contribution in [1.29, 1.82) is 0 Å². The van der Waals surface area contributed by atoms with Crippen LogP contribution in [0.1, 0.15) is 36.7 Å². The fraction of sp³-hybridized carbons (Fsp3) is 0.267. The van der Waals surface area contributed by atoms with Gasteiger partial charge in [-0.05, 0) is 26.8 Å². The van der Waals surface area contributed by atoms with Crippen LogP contribution in [-0.4, -0.2) is 18.9 Å². The van der Waals surface area contributed by atoms with Gasteiger partial charge in [0.05, 0.1) is 9.65 Å². The van der Waals surface area contributed by atoms with Crippen LogP contribution in [0.4, 0.5) is 0 Å². The molecule has 19 heavy (non-hydrogen) atoms. The minimum atomic E-state index is -3.52. The summed E-state index contributed by atoms with van der Waals surface area (Å²) in [5.41, 5.74) is 1.08. The first-order valence-corrected chi connectivity index (χ1v) is 7.44. The van der Waals surface area contributed by atoms with Crippen molar-refractivity contribution in [2.75, 3.05) is 0 Å². The SMILES string of the molecule is C=C1C=C(S(=O)(=O)C(C)(C)C)c2ccccc2C1=O. The van der Waals surface area contributed by atoms with Crippen LogP contribution in [0.25, 0.3) is 4.91 Å². The molecule has 0 heterocycles.